The Morgan fingerprint density at radius 2 is 1.56 bits per heavy atom. The molecule has 0 unspecified atom stereocenters. The fourth-order valence-corrected chi connectivity index (χ4v) is 2.92. The number of nitrogens with one attached hydrogen (secondary N) is 3. The van der Waals surface area contributed by atoms with Gasteiger partial charge in [0.2, 0.25) is 0 Å². The summed E-state index contributed by atoms with van der Waals surface area (Å²) in [6.07, 6.45) is 0. The number of rotatable bonds is 6. The predicted molar refractivity (Wildman–Crippen MR) is 108 cm³/mol. The minimum absolute atomic E-state index is 0.198. The van der Waals surface area contributed by atoms with E-state index in [1.54, 1.807) is 0 Å². The van der Waals surface area contributed by atoms with E-state index in [0.717, 1.165) is 38.6 Å². The molecule has 0 spiro atoms. The van der Waals surface area contributed by atoms with Gasteiger partial charge in [-0.3, -0.25) is 0 Å². The molecule has 3 N–H and O–H groups in total. The molecule has 4 aromatic rings. The van der Waals surface area contributed by atoms with E-state index in [4.69, 9.17) is 16.3 Å². The van der Waals surface area contributed by atoms with Crippen molar-refractivity contribution in [2.24, 2.45) is 0 Å². The Labute approximate surface area is 161 Å². The van der Waals surface area contributed by atoms with Crippen molar-refractivity contribution in [1.82, 2.24) is 9.97 Å². The van der Waals surface area contributed by atoms with E-state index in [-0.39, 0.29) is 5.69 Å². The molecule has 0 saturated carbocycles. The summed E-state index contributed by atoms with van der Waals surface area (Å²) in [7, 11) is 0. The van der Waals surface area contributed by atoms with E-state index in [0.29, 0.717) is 13.2 Å². The van der Waals surface area contributed by atoms with Crippen LogP contribution < -0.4 is 15.7 Å². The smallest absolute Gasteiger partial charge is 0.323 e. The summed E-state index contributed by atoms with van der Waals surface area (Å²) in [5.41, 5.74) is 4.54. The van der Waals surface area contributed by atoms with Crippen molar-refractivity contribution >= 4 is 28.3 Å². The van der Waals surface area contributed by atoms with Crippen LogP contribution in [0.15, 0.2) is 71.5 Å². The first kappa shape index (κ1) is 17.2. The average Bonchev–Trinajstić information content (AvgIpc) is 3.06. The van der Waals surface area contributed by atoms with Crippen LogP contribution in [0.5, 0.6) is 5.75 Å². The van der Waals surface area contributed by atoms with Gasteiger partial charge in [-0.15, -0.1) is 0 Å². The standard InChI is InChI=1S/C21H18ClN3O2/c22-16-5-1-15(2-6-16)13-27-18-8-3-14(4-9-18)12-23-17-7-10-19-20(11-17)25-21(26)24-19/h1-11,23H,12-13H2,(H2,24,25,26). The Balaban J connectivity index is 1.34. The van der Waals surface area contributed by atoms with Crippen LogP contribution in [-0.2, 0) is 13.2 Å². The molecule has 0 bridgehead atoms. The van der Waals surface area contributed by atoms with Gasteiger partial charge in [-0.25, -0.2) is 4.79 Å². The van der Waals surface area contributed by atoms with Crippen molar-refractivity contribution in [3.8, 4) is 5.75 Å². The second-order valence-corrected chi connectivity index (χ2v) is 6.69. The van der Waals surface area contributed by atoms with Crippen LogP contribution in [-0.4, -0.2) is 9.97 Å². The fraction of sp³-hybridized carbons (Fsp3) is 0.0952. The highest BCUT2D eigenvalue weighted by atomic mass is 35.5. The Morgan fingerprint density at radius 3 is 2.33 bits per heavy atom. The molecule has 6 heteroatoms. The van der Waals surface area contributed by atoms with Crippen molar-refractivity contribution < 1.29 is 4.74 Å². The van der Waals surface area contributed by atoms with E-state index >= 15 is 0 Å². The third-order valence-corrected chi connectivity index (χ3v) is 4.51. The molecule has 136 valence electrons. The molecular formula is C21H18ClN3O2. The van der Waals surface area contributed by atoms with Gasteiger partial charge in [0.1, 0.15) is 12.4 Å². The van der Waals surface area contributed by atoms with Gasteiger partial charge < -0.3 is 20.0 Å². The molecule has 27 heavy (non-hydrogen) atoms. The molecule has 0 amide bonds. The molecule has 1 heterocycles. The summed E-state index contributed by atoms with van der Waals surface area (Å²) in [4.78, 5) is 16.8. The Bertz CT molecular complexity index is 1100. The lowest BCUT2D eigenvalue weighted by atomic mass is 10.2. The molecule has 3 aromatic carbocycles. The van der Waals surface area contributed by atoms with Crippen LogP contribution in [0.25, 0.3) is 11.0 Å². The summed E-state index contributed by atoms with van der Waals surface area (Å²) < 4.78 is 5.80. The van der Waals surface area contributed by atoms with Gasteiger partial charge in [-0.05, 0) is 53.6 Å². The lowest BCUT2D eigenvalue weighted by Gasteiger charge is -2.09. The zero-order chi connectivity index (χ0) is 18.6. The van der Waals surface area contributed by atoms with Crippen molar-refractivity contribution in [3.05, 3.63) is 93.4 Å². The van der Waals surface area contributed by atoms with Crippen molar-refractivity contribution in [3.63, 3.8) is 0 Å². The largest absolute Gasteiger partial charge is 0.489 e. The molecule has 0 radical (unpaired) electrons. The summed E-state index contributed by atoms with van der Waals surface area (Å²) in [5.74, 6) is 0.819. The van der Waals surface area contributed by atoms with E-state index in [2.05, 4.69) is 15.3 Å². The SMILES string of the molecule is O=c1[nH]c2ccc(NCc3ccc(OCc4ccc(Cl)cc4)cc3)cc2[nH]1. The number of anilines is 1. The maximum absolute atomic E-state index is 11.3. The number of H-pyrrole nitrogens is 2. The topological polar surface area (TPSA) is 69.9 Å². The third kappa shape index (κ3) is 4.33. The Morgan fingerprint density at radius 1 is 0.852 bits per heavy atom. The molecule has 0 aliphatic rings. The third-order valence-electron chi connectivity index (χ3n) is 4.25. The van der Waals surface area contributed by atoms with E-state index < -0.39 is 0 Å². The van der Waals surface area contributed by atoms with E-state index in [9.17, 15) is 4.79 Å². The maximum atomic E-state index is 11.3. The average molecular weight is 380 g/mol. The van der Waals surface area contributed by atoms with E-state index in [1.807, 2.05) is 66.7 Å². The second kappa shape index (κ2) is 7.60. The normalized spacial score (nSPS) is 10.9. The number of hydrogen-bond donors (Lipinski definition) is 3. The molecule has 0 saturated heterocycles. The van der Waals surface area contributed by atoms with Crippen LogP contribution in [0.4, 0.5) is 5.69 Å². The molecule has 0 atom stereocenters. The first-order valence-electron chi connectivity index (χ1n) is 8.58. The van der Waals surface area contributed by atoms with E-state index in [1.165, 1.54) is 0 Å². The number of benzene rings is 3. The number of aromatic nitrogens is 2. The highest BCUT2D eigenvalue weighted by molar-refractivity contribution is 6.30. The highest BCUT2D eigenvalue weighted by Gasteiger charge is 2.01. The van der Waals surface area contributed by atoms with Gasteiger partial charge in [-0.2, -0.15) is 0 Å². The number of halogens is 1. The Kier molecular flexibility index (Phi) is 4.85. The molecule has 1 aromatic heterocycles. The zero-order valence-electron chi connectivity index (χ0n) is 14.5. The minimum atomic E-state index is -0.198. The van der Waals surface area contributed by atoms with Crippen LogP contribution in [0.2, 0.25) is 5.02 Å². The number of ether oxygens (including phenoxy) is 1. The van der Waals surface area contributed by atoms with Gasteiger partial charge in [0.25, 0.3) is 0 Å². The first-order valence-corrected chi connectivity index (χ1v) is 8.96. The van der Waals surface area contributed by atoms with Gasteiger partial charge in [0.05, 0.1) is 11.0 Å². The zero-order valence-corrected chi connectivity index (χ0v) is 15.2. The van der Waals surface area contributed by atoms with Crippen LogP contribution in [0, 0.1) is 0 Å². The van der Waals surface area contributed by atoms with Gasteiger partial charge in [0.15, 0.2) is 0 Å². The molecule has 4 rings (SSSR count). The van der Waals surface area contributed by atoms with Gasteiger partial charge in [0, 0.05) is 17.3 Å². The minimum Gasteiger partial charge on any atom is -0.489 e. The van der Waals surface area contributed by atoms with Gasteiger partial charge in [-0.1, -0.05) is 35.9 Å². The highest BCUT2D eigenvalue weighted by Crippen LogP contribution is 2.18. The predicted octanol–water partition coefficient (Wildman–Crippen LogP) is 4.70. The fourth-order valence-electron chi connectivity index (χ4n) is 2.80. The summed E-state index contributed by atoms with van der Waals surface area (Å²) in [6.45, 7) is 1.18. The van der Waals surface area contributed by atoms with Crippen molar-refractivity contribution in [2.75, 3.05) is 5.32 Å². The number of fused-ring (bicyclic) bond motifs is 1. The van der Waals surface area contributed by atoms with Crippen LogP contribution in [0.1, 0.15) is 11.1 Å². The number of imidazole rings is 1. The molecule has 0 aliphatic carbocycles. The van der Waals surface area contributed by atoms with Crippen LogP contribution in [0.3, 0.4) is 0 Å². The summed E-state index contributed by atoms with van der Waals surface area (Å²) in [5, 5.41) is 4.08. The lowest BCUT2D eigenvalue weighted by molar-refractivity contribution is 0.306. The molecular weight excluding hydrogens is 362 g/mol. The number of aromatic amines is 2. The molecule has 5 nitrogen and oxygen atoms in total. The molecule has 0 fully saturated rings. The summed E-state index contributed by atoms with van der Waals surface area (Å²) >= 11 is 5.89. The molecule has 0 aliphatic heterocycles. The maximum Gasteiger partial charge on any atom is 0.323 e. The first-order chi connectivity index (χ1) is 13.2. The van der Waals surface area contributed by atoms with Crippen molar-refractivity contribution in [1.29, 1.82) is 0 Å². The monoisotopic (exact) mass is 379 g/mol. The summed E-state index contributed by atoms with van der Waals surface area (Å²) in [6, 6.07) is 21.3. The lowest BCUT2D eigenvalue weighted by Crippen LogP contribution is -2.00. The van der Waals surface area contributed by atoms with Crippen molar-refractivity contribution in [2.45, 2.75) is 13.2 Å². The Hall–Kier alpha value is -3.18. The van der Waals surface area contributed by atoms with Gasteiger partial charge >= 0.3 is 5.69 Å². The number of hydrogen-bond acceptors (Lipinski definition) is 3. The quantitative estimate of drug-likeness (QED) is 0.454. The second-order valence-electron chi connectivity index (χ2n) is 6.25. The van der Waals surface area contributed by atoms with Crippen LogP contribution >= 0.6 is 11.6 Å².